The van der Waals surface area contributed by atoms with E-state index in [9.17, 15) is 5.26 Å². The standard InChI is InChI=1S/C13H22N6/c1-4-15-13(3,9-14)7-11(2)18-5-6-19-10-16-17-12(19)8-18/h10-11,15H,4-8H2,1-3H3. The molecule has 0 amide bonds. The summed E-state index contributed by atoms with van der Waals surface area (Å²) in [7, 11) is 0. The van der Waals surface area contributed by atoms with E-state index in [2.05, 4.69) is 38.0 Å². The van der Waals surface area contributed by atoms with Crippen LogP contribution in [0.15, 0.2) is 6.33 Å². The first-order valence-corrected chi connectivity index (χ1v) is 6.85. The zero-order chi connectivity index (χ0) is 13.9. The molecule has 1 aliphatic heterocycles. The Labute approximate surface area is 114 Å². The van der Waals surface area contributed by atoms with E-state index in [1.54, 1.807) is 6.33 Å². The van der Waals surface area contributed by atoms with Crippen molar-refractivity contribution in [3.05, 3.63) is 12.2 Å². The van der Waals surface area contributed by atoms with E-state index in [-0.39, 0.29) is 0 Å². The summed E-state index contributed by atoms with van der Waals surface area (Å²) < 4.78 is 2.09. The molecule has 1 aromatic heterocycles. The van der Waals surface area contributed by atoms with Crippen molar-refractivity contribution in [2.45, 2.75) is 51.9 Å². The average Bonchev–Trinajstić information content (AvgIpc) is 2.86. The van der Waals surface area contributed by atoms with Gasteiger partial charge >= 0.3 is 0 Å². The van der Waals surface area contributed by atoms with Crippen LogP contribution >= 0.6 is 0 Å². The highest BCUT2D eigenvalue weighted by atomic mass is 15.3. The quantitative estimate of drug-likeness (QED) is 0.848. The molecule has 6 heteroatoms. The number of nitriles is 1. The lowest BCUT2D eigenvalue weighted by Crippen LogP contribution is -2.48. The van der Waals surface area contributed by atoms with Crippen LogP contribution in [-0.2, 0) is 13.1 Å². The van der Waals surface area contributed by atoms with E-state index in [0.29, 0.717) is 6.04 Å². The molecule has 19 heavy (non-hydrogen) atoms. The van der Waals surface area contributed by atoms with Crippen LogP contribution in [0.25, 0.3) is 0 Å². The largest absolute Gasteiger partial charge is 0.315 e. The van der Waals surface area contributed by atoms with Gasteiger partial charge in [0.15, 0.2) is 0 Å². The van der Waals surface area contributed by atoms with Gasteiger partial charge in [0.2, 0.25) is 0 Å². The molecule has 1 aliphatic rings. The van der Waals surface area contributed by atoms with Crippen molar-refractivity contribution in [3.8, 4) is 6.07 Å². The number of hydrogen-bond acceptors (Lipinski definition) is 5. The van der Waals surface area contributed by atoms with E-state index < -0.39 is 5.54 Å². The molecule has 0 saturated carbocycles. The van der Waals surface area contributed by atoms with E-state index >= 15 is 0 Å². The highest BCUT2D eigenvalue weighted by Crippen LogP contribution is 2.19. The third-order valence-electron chi connectivity index (χ3n) is 3.81. The topological polar surface area (TPSA) is 69.8 Å². The Bertz CT molecular complexity index is 462. The molecule has 1 N–H and O–H groups in total. The Hall–Kier alpha value is -1.45. The molecule has 2 heterocycles. The number of nitrogens with zero attached hydrogens (tertiary/aromatic N) is 5. The van der Waals surface area contributed by atoms with Crippen molar-refractivity contribution in [1.29, 1.82) is 5.26 Å². The molecule has 0 fully saturated rings. The Morgan fingerprint density at radius 3 is 3.05 bits per heavy atom. The molecule has 6 nitrogen and oxygen atoms in total. The molecule has 0 bridgehead atoms. The van der Waals surface area contributed by atoms with Gasteiger partial charge in [0, 0.05) is 19.1 Å². The van der Waals surface area contributed by atoms with Crippen molar-refractivity contribution < 1.29 is 0 Å². The predicted molar refractivity (Wildman–Crippen MR) is 72.2 cm³/mol. The second-order valence-electron chi connectivity index (χ2n) is 5.44. The third kappa shape index (κ3) is 3.11. The summed E-state index contributed by atoms with van der Waals surface area (Å²) in [5.74, 6) is 1.01. The maximum Gasteiger partial charge on any atom is 0.147 e. The minimum absolute atomic E-state index is 0.342. The summed E-state index contributed by atoms with van der Waals surface area (Å²) in [6.07, 6.45) is 2.60. The van der Waals surface area contributed by atoms with Crippen LogP contribution in [0.2, 0.25) is 0 Å². The summed E-state index contributed by atoms with van der Waals surface area (Å²) >= 11 is 0. The minimum atomic E-state index is -0.459. The molecule has 1 aromatic rings. The van der Waals surface area contributed by atoms with Gasteiger partial charge in [-0.15, -0.1) is 10.2 Å². The minimum Gasteiger partial charge on any atom is -0.315 e. The second-order valence-corrected chi connectivity index (χ2v) is 5.44. The smallest absolute Gasteiger partial charge is 0.147 e. The zero-order valence-electron chi connectivity index (χ0n) is 11.9. The second kappa shape index (κ2) is 5.68. The van der Waals surface area contributed by atoms with Crippen molar-refractivity contribution in [3.63, 3.8) is 0 Å². The van der Waals surface area contributed by atoms with E-state index in [1.165, 1.54) is 0 Å². The fraction of sp³-hybridized carbons (Fsp3) is 0.769. The lowest BCUT2D eigenvalue weighted by molar-refractivity contribution is 0.139. The van der Waals surface area contributed by atoms with Crippen LogP contribution in [0.4, 0.5) is 0 Å². The summed E-state index contributed by atoms with van der Waals surface area (Å²) in [5, 5.41) is 20.7. The predicted octanol–water partition coefficient (Wildman–Crippen LogP) is 0.764. The number of fused-ring (bicyclic) bond motifs is 1. The normalized spacial score (nSPS) is 20.3. The van der Waals surface area contributed by atoms with E-state index in [4.69, 9.17) is 0 Å². The SMILES string of the molecule is CCNC(C)(C#N)CC(C)N1CCn2cnnc2C1. The number of rotatable bonds is 5. The molecule has 104 valence electrons. The van der Waals surface area contributed by atoms with Gasteiger partial charge in [-0.3, -0.25) is 10.2 Å². The van der Waals surface area contributed by atoms with Crippen LogP contribution in [0.5, 0.6) is 0 Å². The summed E-state index contributed by atoms with van der Waals surface area (Å²) in [6, 6.07) is 2.73. The van der Waals surface area contributed by atoms with Crippen LogP contribution in [-0.4, -0.2) is 44.3 Å². The number of hydrogen-bond donors (Lipinski definition) is 1. The van der Waals surface area contributed by atoms with Gasteiger partial charge in [-0.05, 0) is 26.8 Å². The van der Waals surface area contributed by atoms with Crippen molar-refractivity contribution in [2.24, 2.45) is 0 Å². The highest BCUT2D eigenvalue weighted by molar-refractivity contribution is 5.05. The molecule has 0 aliphatic carbocycles. The van der Waals surface area contributed by atoms with Gasteiger partial charge in [0.25, 0.3) is 0 Å². The van der Waals surface area contributed by atoms with Gasteiger partial charge in [0.1, 0.15) is 17.7 Å². The molecule has 2 rings (SSSR count). The van der Waals surface area contributed by atoms with Gasteiger partial charge in [-0.2, -0.15) is 5.26 Å². The first-order valence-electron chi connectivity index (χ1n) is 6.85. The first kappa shape index (κ1) is 14.0. The van der Waals surface area contributed by atoms with Crippen LogP contribution in [0.3, 0.4) is 0 Å². The maximum atomic E-state index is 9.33. The Kier molecular flexibility index (Phi) is 4.17. The average molecular weight is 262 g/mol. The highest BCUT2D eigenvalue weighted by Gasteiger charge is 2.29. The molecule has 0 spiro atoms. The van der Waals surface area contributed by atoms with Gasteiger partial charge in [-0.1, -0.05) is 6.92 Å². The monoisotopic (exact) mass is 262 g/mol. The van der Waals surface area contributed by atoms with Crippen LogP contribution in [0, 0.1) is 11.3 Å². The summed E-state index contributed by atoms with van der Waals surface area (Å²) in [5.41, 5.74) is -0.459. The van der Waals surface area contributed by atoms with Gasteiger partial charge in [-0.25, -0.2) is 0 Å². The number of nitrogens with one attached hydrogen (secondary N) is 1. The molecular formula is C13H22N6. The van der Waals surface area contributed by atoms with Crippen molar-refractivity contribution in [1.82, 2.24) is 25.0 Å². The maximum absolute atomic E-state index is 9.33. The fourth-order valence-corrected chi connectivity index (χ4v) is 2.73. The van der Waals surface area contributed by atoms with Crippen LogP contribution in [0.1, 0.15) is 33.0 Å². The Balaban J connectivity index is 1.98. The van der Waals surface area contributed by atoms with Crippen LogP contribution < -0.4 is 5.32 Å². The van der Waals surface area contributed by atoms with Crippen molar-refractivity contribution in [2.75, 3.05) is 13.1 Å². The number of aromatic nitrogens is 3. The zero-order valence-corrected chi connectivity index (χ0v) is 11.9. The molecule has 0 saturated heterocycles. The van der Waals surface area contributed by atoms with E-state index in [1.807, 2.05) is 13.8 Å². The molecule has 0 aromatic carbocycles. The van der Waals surface area contributed by atoms with Crippen molar-refractivity contribution >= 4 is 0 Å². The third-order valence-corrected chi connectivity index (χ3v) is 3.81. The molecule has 0 radical (unpaired) electrons. The lowest BCUT2D eigenvalue weighted by Gasteiger charge is -2.36. The molecule has 2 atom stereocenters. The van der Waals surface area contributed by atoms with E-state index in [0.717, 1.165) is 38.4 Å². The Morgan fingerprint density at radius 1 is 1.58 bits per heavy atom. The summed E-state index contributed by atoms with van der Waals surface area (Å²) in [4.78, 5) is 2.37. The molecular weight excluding hydrogens is 240 g/mol. The van der Waals surface area contributed by atoms with Gasteiger partial charge < -0.3 is 4.57 Å². The Morgan fingerprint density at radius 2 is 2.37 bits per heavy atom. The fourth-order valence-electron chi connectivity index (χ4n) is 2.73. The van der Waals surface area contributed by atoms with Gasteiger partial charge in [0.05, 0.1) is 12.6 Å². The lowest BCUT2D eigenvalue weighted by atomic mass is 9.94. The molecule has 2 unspecified atom stereocenters. The summed E-state index contributed by atoms with van der Waals surface area (Å²) in [6.45, 7) is 9.72. The first-order chi connectivity index (χ1) is 9.08.